The molecule has 2 aromatic heterocycles. The highest BCUT2D eigenvalue weighted by Crippen LogP contribution is 2.34. The highest BCUT2D eigenvalue weighted by atomic mass is 16.5. The van der Waals surface area contributed by atoms with E-state index in [1.165, 1.54) is 20.5 Å². The maximum Gasteiger partial charge on any atom is 0.323 e. The Morgan fingerprint density at radius 3 is 2.41 bits per heavy atom. The molecular weight excluding hydrogens is 436 g/mol. The predicted molar refractivity (Wildman–Crippen MR) is 127 cm³/mol. The van der Waals surface area contributed by atoms with Gasteiger partial charge in [-0.15, -0.1) is 0 Å². The predicted octanol–water partition coefficient (Wildman–Crippen LogP) is 4.73. The summed E-state index contributed by atoms with van der Waals surface area (Å²) < 4.78 is 18.3. The molecule has 2 aromatic carbocycles. The molecule has 34 heavy (non-hydrogen) atoms. The molecule has 0 spiro atoms. The van der Waals surface area contributed by atoms with Crippen LogP contribution in [0.15, 0.2) is 61.2 Å². The summed E-state index contributed by atoms with van der Waals surface area (Å²) in [7, 11) is 3.05. The molecule has 0 aliphatic heterocycles. The molecule has 0 saturated carbocycles. The molecule has 0 saturated heterocycles. The van der Waals surface area contributed by atoms with E-state index in [2.05, 4.69) is 25.6 Å². The summed E-state index contributed by atoms with van der Waals surface area (Å²) in [5, 5.41) is 5.53. The molecule has 10 heteroatoms. The van der Waals surface area contributed by atoms with Crippen LogP contribution in [0.3, 0.4) is 0 Å². The standard InChI is InChI=1S/C24H24N6O4/c1-15-16(2)30(14-27-15)21-12-22(26-13-25-21)34-18-10-8-17(9-11-18)28-24(31)29-19-6-5-7-20(32-3)23(19)33-4/h5-14H,1-4H3,(H2,28,29,31). The molecule has 4 rings (SSSR count). The van der Waals surface area contributed by atoms with Crippen molar-refractivity contribution < 1.29 is 19.0 Å². The lowest BCUT2D eigenvalue weighted by atomic mass is 10.2. The summed E-state index contributed by atoms with van der Waals surface area (Å²) in [6, 6.07) is 13.5. The maximum absolute atomic E-state index is 12.5. The molecule has 0 aliphatic rings. The smallest absolute Gasteiger partial charge is 0.323 e. The van der Waals surface area contributed by atoms with Crippen LogP contribution in [0.1, 0.15) is 11.4 Å². The maximum atomic E-state index is 12.5. The van der Waals surface area contributed by atoms with E-state index in [-0.39, 0.29) is 0 Å². The van der Waals surface area contributed by atoms with E-state index >= 15 is 0 Å². The molecule has 0 unspecified atom stereocenters. The normalized spacial score (nSPS) is 10.5. The van der Waals surface area contributed by atoms with Crippen molar-refractivity contribution in [3.05, 3.63) is 72.6 Å². The van der Waals surface area contributed by atoms with Gasteiger partial charge in [0, 0.05) is 17.4 Å². The topological polar surface area (TPSA) is 112 Å². The van der Waals surface area contributed by atoms with Gasteiger partial charge < -0.3 is 24.8 Å². The van der Waals surface area contributed by atoms with Crippen LogP contribution in [-0.2, 0) is 0 Å². The van der Waals surface area contributed by atoms with Crippen molar-refractivity contribution in [1.82, 2.24) is 19.5 Å². The number of benzene rings is 2. The molecule has 10 nitrogen and oxygen atoms in total. The minimum atomic E-state index is -0.424. The van der Waals surface area contributed by atoms with E-state index < -0.39 is 6.03 Å². The molecule has 2 N–H and O–H groups in total. The number of aromatic nitrogens is 4. The summed E-state index contributed by atoms with van der Waals surface area (Å²) in [5.41, 5.74) is 2.99. The number of amides is 2. The van der Waals surface area contributed by atoms with Gasteiger partial charge in [-0.2, -0.15) is 0 Å². The van der Waals surface area contributed by atoms with Crippen LogP contribution in [0.2, 0.25) is 0 Å². The van der Waals surface area contributed by atoms with Crippen molar-refractivity contribution in [3.8, 4) is 28.9 Å². The van der Waals surface area contributed by atoms with Crippen LogP contribution in [0.4, 0.5) is 16.2 Å². The third-order valence-corrected chi connectivity index (χ3v) is 5.11. The molecule has 174 valence electrons. The fourth-order valence-corrected chi connectivity index (χ4v) is 3.24. The Bertz CT molecular complexity index is 1300. The van der Waals surface area contributed by atoms with E-state index in [1.807, 2.05) is 18.4 Å². The number of ether oxygens (including phenoxy) is 3. The third kappa shape index (κ3) is 4.90. The first kappa shape index (κ1) is 22.6. The Morgan fingerprint density at radius 1 is 0.941 bits per heavy atom. The number of methoxy groups -OCH3 is 2. The second kappa shape index (κ2) is 9.90. The number of imidazole rings is 1. The van der Waals surface area contributed by atoms with Crippen molar-refractivity contribution in [2.24, 2.45) is 0 Å². The van der Waals surface area contributed by atoms with Gasteiger partial charge in [-0.25, -0.2) is 19.7 Å². The lowest BCUT2D eigenvalue weighted by Gasteiger charge is -2.14. The average molecular weight is 460 g/mol. The summed E-state index contributed by atoms with van der Waals surface area (Å²) in [4.78, 5) is 25.2. The molecule has 4 aromatic rings. The van der Waals surface area contributed by atoms with Gasteiger partial charge in [0.1, 0.15) is 24.2 Å². The van der Waals surface area contributed by atoms with Crippen LogP contribution in [0.5, 0.6) is 23.1 Å². The fourth-order valence-electron chi connectivity index (χ4n) is 3.24. The molecule has 0 aliphatic carbocycles. The fraction of sp³-hybridized carbons (Fsp3) is 0.167. The van der Waals surface area contributed by atoms with Crippen molar-refractivity contribution in [2.45, 2.75) is 13.8 Å². The molecule has 2 amide bonds. The SMILES string of the molecule is COc1cccc(NC(=O)Nc2ccc(Oc3cc(-n4cnc(C)c4C)ncn3)cc2)c1OC. The molecule has 0 radical (unpaired) electrons. The van der Waals surface area contributed by atoms with Gasteiger partial charge in [0.25, 0.3) is 0 Å². The van der Waals surface area contributed by atoms with E-state index in [4.69, 9.17) is 14.2 Å². The molecule has 0 atom stereocenters. The quantitative estimate of drug-likeness (QED) is 0.410. The summed E-state index contributed by atoms with van der Waals surface area (Å²) in [6.45, 7) is 3.91. The number of anilines is 2. The number of urea groups is 1. The Kier molecular flexibility index (Phi) is 6.58. The summed E-state index contributed by atoms with van der Waals surface area (Å²) >= 11 is 0. The van der Waals surface area contributed by atoms with Gasteiger partial charge in [0.15, 0.2) is 11.5 Å². The number of aryl methyl sites for hydroxylation is 1. The van der Waals surface area contributed by atoms with Gasteiger partial charge in [-0.1, -0.05) is 6.07 Å². The van der Waals surface area contributed by atoms with Crippen LogP contribution in [0, 0.1) is 13.8 Å². The second-order valence-corrected chi connectivity index (χ2v) is 7.25. The van der Waals surface area contributed by atoms with Gasteiger partial charge >= 0.3 is 6.03 Å². The molecule has 2 heterocycles. The number of para-hydroxylation sites is 1. The first-order valence-corrected chi connectivity index (χ1v) is 10.4. The van der Waals surface area contributed by atoms with E-state index in [1.54, 1.807) is 54.9 Å². The van der Waals surface area contributed by atoms with Crippen LogP contribution in [0.25, 0.3) is 5.82 Å². The molecular formula is C24H24N6O4. The zero-order valence-corrected chi connectivity index (χ0v) is 19.2. The first-order chi connectivity index (χ1) is 16.5. The summed E-state index contributed by atoms with van der Waals surface area (Å²) in [5.74, 6) is 2.57. The Morgan fingerprint density at radius 2 is 1.74 bits per heavy atom. The average Bonchev–Trinajstić information content (AvgIpc) is 3.18. The second-order valence-electron chi connectivity index (χ2n) is 7.25. The third-order valence-electron chi connectivity index (χ3n) is 5.11. The van der Waals surface area contributed by atoms with Crippen LogP contribution in [-0.4, -0.2) is 39.8 Å². The number of hydrogen-bond acceptors (Lipinski definition) is 7. The number of carbonyl (C=O) groups is 1. The first-order valence-electron chi connectivity index (χ1n) is 10.4. The monoisotopic (exact) mass is 460 g/mol. The zero-order chi connectivity index (χ0) is 24.1. The lowest BCUT2D eigenvalue weighted by molar-refractivity contribution is 0.262. The van der Waals surface area contributed by atoms with Crippen molar-refractivity contribution in [1.29, 1.82) is 0 Å². The van der Waals surface area contributed by atoms with Crippen LogP contribution < -0.4 is 24.8 Å². The van der Waals surface area contributed by atoms with Gasteiger partial charge in [-0.05, 0) is 50.2 Å². The largest absolute Gasteiger partial charge is 0.493 e. The highest BCUT2D eigenvalue weighted by molar-refractivity contribution is 6.01. The van der Waals surface area contributed by atoms with Crippen molar-refractivity contribution in [3.63, 3.8) is 0 Å². The highest BCUT2D eigenvalue weighted by Gasteiger charge is 2.13. The van der Waals surface area contributed by atoms with Gasteiger partial charge in [-0.3, -0.25) is 4.57 Å². The Balaban J connectivity index is 1.41. The molecule has 0 fully saturated rings. The zero-order valence-electron chi connectivity index (χ0n) is 19.2. The Hall–Kier alpha value is -4.60. The van der Waals surface area contributed by atoms with Gasteiger partial charge in [0.05, 0.1) is 25.6 Å². The minimum Gasteiger partial charge on any atom is -0.493 e. The minimum absolute atomic E-state index is 0.388. The Labute approximate surface area is 196 Å². The number of nitrogens with zero attached hydrogens (tertiary/aromatic N) is 4. The van der Waals surface area contributed by atoms with E-state index in [9.17, 15) is 4.79 Å². The number of rotatable bonds is 7. The van der Waals surface area contributed by atoms with Crippen LogP contribution >= 0.6 is 0 Å². The van der Waals surface area contributed by atoms with Gasteiger partial charge in [0.2, 0.25) is 5.88 Å². The lowest BCUT2D eigenvalue weighted by Crippen LogP contribution is -2.19. The van der Waals surface area contributed by atoms with Crippen molar-refractivity contribution >= 4 is 17.4 Å². The summed E-state index contributed by atoms with van der Waals surface area (Å²) in [6.07, 6.45) is 3.15. The number of hydrogen-bond donors (Lipinski definition) is 2. The van der Waals surface area contributed by atoms with E-state index in [0.717, 1.165) is 11.4 Å². The number of carbonyl (C=O) groups excluding carboxylic acids is 1. The molecule has 0 bridgehead atoms. The number of nitrogens with one attached hydrogen (secondary N) is 2. The van der Waals surface area contributed by atoms with E-state index in [0.29, 0.717) is 40.3 Å². The van der Waals surface area contributed by atoms with Crippen molar-refractivity contribution in [2.75, 3.05) is 24.9 Å².